The maximum atomic E-state index is 13.0. The van der Waals surface area contributed by atoms with Gasteiger partial charge in [0.25, 0.3) is 5.91 Å². The second-order valence-corrected chi connectivity index (χ2v) is 6.45. The van der Waals surface area contributed by atoms with Gasteiger partial charge in [0.2, 0.25) is 0 Å². The van der Waals surface area contributed by atoms with Crippen molar-refractivity contribution in [2.75, 3.05) is 6.54 Å². The van der Waals surface area contributed by atoms with Crippen LogP contribution in [-0.4, -0.2) is 29.2 Å². The summed E-state index contributed by atoms with van der Waals surface area (Å²) in [5.41, 5.74) is -0.406. The van der Waals surface area contributed by atoms with Crippen molar-refractivity contribution in [3.05, 3.63) is 70.5 Å². The third-order valence-corrected chi connectivity index (χ3v) is 4.76. The average molecular weight is 375 g/mol. The molecule has 0 saturated carbocycles. The van der Waals surface area contributed by atoms with Gasteiger partial charge in [-0.1, -0.05) is 30.7 Å². The van der Waals surface area contributed by atoms with E-state index in [1.54, 1.807) is 31.2 Å². The number of halogens is 2. The van der Waals surface area contributed by atoms with Crippen LogP contribution in [0.5, 0.6) is 0 Å². The van der Waals surface area contributed by atoms with Crippen LogP contribution in [0.4, 0.5) is 9.18 Å². The van der Waals surface area contributed by atoms with Crippen molar-refractivity contribution in [3.8, 4) is 0 Å². The number of benzene rings is 2. The van der Waals surface area contributed by atoms with Crippen molar-refractivity contribution in [3.63, 3.8) is 0 Å². The lowest BCUT2D eigenvalue weighted by molar-refractivity contribution is -0.131. The fourth-order valence-corrected chi connectivity index (χ4v) is 3.14. The van der Waals surface area contributed by atoms with Crippen LogP contribution in [-0.2, 0) is 10.3 Å². The maximum Gasteiger partial charge on any atom is 0.325 e. The molecule has 0 aliphatic carbocycles. The van der Waals surface area contributed by atoms with Crippen LogP contribution in [0.15, 0.2) is 48.5 Å². The van der Waals surface area contributed by atoms with Gasteiger partial charge in [0.05, 0.1) is 6.54 Å². The highest BCUT2D eigenvalue weighted by Gasteiger charge is 2.51. The number of carbonyl (C=O) groups excluding carboxylic acids is 3. The van der Waals surface area contributed by atoms with Gasteiger partial charge in [-0.15, -0.1) is 0 Å². The highest BCUT2D eigenvalue weighted by molar-refractivity contribution is 6.30. The SMILES string of the molecule is CC[C@]1(c2ccc(Cl)cc2)NC(=O)N(CC(=O)c2ccc(F)cc2)C1=O. The van der Waals surface area contributed by atoms with Crippen LogP contribution in [0.25, 0.3) is 0 Å². The van der Waals surface area contributed by atoms with Crippen molar-refractivity contribution >= 4 is 29.3 Å². The minimum Gasteiger partial charge on any atom is -0.319 e. The first-order chi connectivity index (χ1) is 12.4. The molecule has 1 atom stereocenters. The van der Waals surface area contributed by atoms with E-state index in [1.165, 1.54) is 12.1 Å². The summed E-state index contributed by atoms with van der Waals surface area (Å²) in [6, 6.07) is 10.9. The Balaban J connectivity index is 1.87. The van der Waals surface area contributed by atoms with Crippen LogP contribution in [0.3, 0.4) is 0 Å². The highest BCUT2D eigenvalue weighted by atomic mass is 35.5. The number of nitrogens with zero attached hydrogens (tertiary/aromatic N) is 1. The molecule has 1 saturated heterocycles. The molecule has 1 aliphatic heterocycles. The zero-order valence-electron chi connectivity index (χ0n) is 14.0. The van der Waals surface area contributed by atoms with Crippen LogP contribution in [0.2, 0.25) is 5.02 Å². The Morgan fingerprint density at radius 2 is 1.73 bits per heavy atom. The van der Waals surface area contributed by atoms with E-state index in [1.807, 2.05) is 0 Å². The molecule has 1 aliphatic rings. The van der Waals surface area contributed by atoms with Gasteiger partial charge in [-0.25, -0.2) is 9.18 Å². The monoisotopic (exact) mass is 374 g/mol. The van der Waals surface area contributed by atoms with E-state index in [2.05, 4.69) is 5.32 Å². The fraction of sp³-hybridized carbons (Fsp3) is 0.211. The van der Waals surface area contributed by atoms with E-state index < -0.39 is 35.6 Å². The Labute approximate surface area is 154 Å². The summed E-state index contributed by atoms with van der Waals surface area (Å²) in [4.78, 5) is 38.6. The van der Waals surface area contributed by atoms with Crippen molar-refractivity contribution in [2.24, 2.45) is 0 Å². The predicted molar refractivity (Wildman–Crippen MR) is 94.4 cm³/mol. The van der Waals surface area contributed by atoms with Gasteiger partial charge in [0.1, 0.15) is 11.4 Å². The van der Waals surface area contributed by atoms with Crippen molar-refractivity contribution in [2.45, 2.75) is 18.9 Å². The summed E-state index contributed by atoms with van der Waals surface area (Å²) in [7, 11) is 0. The molecule has 1 heterocycles. The van der Waals surface area contributed by atoms with E-state index in [0.717, 1.165) is 17.0 Å². The summed E-state index contributed by atoms with van der Waals surface area (Å²) in [5.74, 6) is -1.41. The Morgan fingerprint density at radius 1 is 1.12 bits per heavy atom. The zero-order chi connectivity index (χ0) is 18.9. The number of carbonyl (C=O) groups is 3. The molecule has 1 fully saturated rings. The van der Waals surface area contributed by atoms with Crippen molar-refractivity contribution < 1.29 is 18.8 Å². The molecule has 2 aromatic rings. The minimum absolute atomic E-state index is 0.229. The van der Waals surface area contributed by atoms with Crippen LogP contribution in [0.1, 0.15) is 29.3 Å². The van der Waals surface area contributed by atoms with E-state index in [9.17, 15) is 18.8 Å². The van der Waals surface area contributed by atoms with E-state index in [0.29, 0.717) is 17.0 Å². The molecule has 134 valence electrons. The van der Waals surface area contributed by atoms with E-state index in [4.69, 9.17) is 11.6 Å². The van der Waals surface area contributed by atoms with Gasteiger partial charge in [0.15, 0.2) is 5.78 Å². The molecule has 0 aromatic heterocycles. The molecule has 3 amide bonds. The molecule has 0 spiro atoms. The average Bonchev–Trinajstić information content (AvgIpc) is 2.88. The molecule has 0 unspecified atom stereocenters. The molecule has 7 heteroatoms. The van der Waals surface area contributed by atoms with Crippen LogP contribution >= 0.6 is 11.6 Å². The topological polar surface area (TPSA) is 66.5 Å². The maximum absolute atomic E-state index is 13.0. The third-order valence-electron chi connectivity index (χ3n) is 4.51. The Morgan fingerprint density at radius 3 is 2.31 bits per heavy atom. The van der Waals surface area contributed by atoms with Crippen molar-refractivity contribution in [1.82, 2.24) is 10.2 Å². The Hall–Kier alpha value is -2.73. The quantitative estimate of drug-likeness (QED) is 0.643. The van der Waals surface area contributed by atoms with E-state index >= 15 is 0 Å². The second kappa shape index (κ2) is 6.88. The number of hydrogen-bond acceptors (Lipinski definition) is 3. The number of rotatable bonds is 5. The molecule has 3 rings (SSSR count). The summed E-state index contributed by atoms with van der Waals surface area (Å²) in [5, 5.41) is 3.21. The first-order valence-corrected chi connectivity index (χ1v) is 8.44. The smallest absolute Gasteiger partial charge is 0.319 e. The number of nitrogens with one attached hydrogen (secondary N) is 1. The molecule has 0 radical (unpaired) electrons. The standard InChI is InChI=1S/C19H16ClFN2O3/c1-2-19(13-5-7-14(20)8-6-13)17(25)23(18(26)22-19)11-16(24)12-3-9-15(21)10-4-12/h3-10H,2,11H2,1H3,(H,22,26)/t19-/m1/s1. The van der Waals surface area contributed by atoms with Crippen LogP contribution in [0, 0.1) is 5.82 Å². The normalized spacial score (nSPS) is 19.6. The second-order valence-electron chi connectivity index (χ2n) is 6.02. The van der Waals surface area contributed by atoms with Gasteiger partial charge in [-0.05, 0) is 48.4 Å². The zero-order valence-corrected chi connectivity index (χ0v) is 14.7. The Kier molecular flexibility index (Phi) is 4.78. The molecule has 5 nitrogen and oxygen atoms in total. The summed E-state index contributed by atoms with van der Waals surface area (Å²) < 4.78 is 13.0. The molecular formula is C19H16ClFN2O3. The fourth-order valence-electron chi connectivity index (χ4n) is 3.01. The van der Waals surface area contributed by atoms with Gasteiger partial charge < -0.3 is 5.32 Å². The molecular weight excluding hydrogens is 359 g/mol. The number of imide groups is 1. The summed E-state index contributed by atoms with van der Waals surface area (Å²) in [6.07, 6.45) is 0.320. The first kappa shape index (κ1) is 18.1. The van der Waals surface area contributed by atoms with Crippen LogP contribution < -0.4 is 5.32 Å². The third kappa shape index (κ3) is 3.08. The predicted octanol–water partition coefficient (Wildman–Crippen LogP) is 3.52. The van der Waals surface area contributed by atoms with Gasteiger partial charge in [0, 0.05) is 10.6 Å². The number of amides is 3. The lowest BCUT2D eigenvalue weighted by atomic mass is 9.87. The van der Waals surface area contributed by atoms with Crippen molar-refractivity contribution in [1.29, 1.82) is 0 Å². The largest absolute Gasteiger partial charge is 0.325 e. The number of hydrogen-bond donors (Lipinski definition) is 1. The summed E-state index contributed by atoms with van der Waals surface area (Å²) >= 11 is 5.89. The Bertz CT molecular complexity index is 867. The molecule has 26 heavy (non-hydrogen) atoms. The van der Waals surface area contributed by atoms with Gasteiger partial charge in [-0.2, -0.15) is 0 Å². The summed E-state index contributed by atoms with van der Waals surface area (Å²) in [6.45, 7) is 1.36. The first-order valence-electron chi connectivity index (χ1n) is 8.06. The molecule has 0 bridgehead atoms. The number of urea groups is 1. The van der Waals surface area contributed by atoms with E-state index in [-0.39, 0.29) is 5.56 Å². The number of Topliss-reactive ketones (excluding diaryl/α,β-unsaturated/α-hetero) is 1. The molecule has 2 aromatic carbocycles. The lowest BCUT2D eigenvalue weighted by Crippen LogP contribution is -2.43. The van der Waals surface area contributed by atoms with Gasteiger partial charge in [-0.3, -0.25) is 14.5 Å². The number of ketones is 1. The highest BCUT2D eigenvalue weighted by Crippen LogP contribution is 2.33. The minimum atomic E-state index is -1.23. The molecule has 1 N–H and O–H groups in total. The lowest BCUT2D eigenvalue weighted by Gasteiger charge is -2.25. The van der Waals surface area contributed by atoms with Gasteiger partial charge >= 0.3 is 6.03 Å².